The third-order valence-corrected chi connectivity index (χ3v) is 5.13. The predicted octanol–water partition coefficient (Wildman–Crippen LogP) is 5.12. The predicted molar refractivity (Wildman–Crippen MR) is 104 cm³/mol. The minimum absolute atomic E-state index is 0.0993. The zero-order chi connectivity index (χ0) is 17.9. The first-order chi connectivity index (χ1) is 12.2. The topological polar surface area (TPSA) is 29.5 Å². The number of morpholine rings is 1. The van der Waals surface area contributed by atoms with Gasteiger partial charge in [-0.3, -0.25) is 9.69 Å². The highest BCUT2D eigenvalue weighted by Gasteiger charge is 2.22. The second-order valence-electron chi connectivity index (χ2n) is 7.02. The Morgan fingerprint density at radius 2 is 1.88 bits per heavy atom. The number of rotatable bonds is 11. The second-order valence-corrected chi connectivity index (χ2v) is 7.45. The maximum absolute atomic E-state index is 10.9. The summed E-state index contributed by atoms with van der Waals surface area (Å²) in [6.45, 7) is 5.39. The second kappa shape index (κ2) is 11.7. The highest BCUT2D eigenvalue weighted by Crippen LogP contribution is 2.23. The molecule has 0 N–H and O–H groups in total. The van der Waals surface area contributed by atoms with E-state index < -0.39 is 0 Å². The van der Waals surface area contributed by atoms with E-state index >= 15 is 0 Å². The summed E-state index contributed by atoms with van der Waals surface area (Å²) < 4.78 is 5.92. The lowest BCUT2D eigenvalue weighted by atomic mass is 10.0. The van der Waals surface area contributed by atoms with Gasteiger partial charge in [-0.05, 0) is 35.6 Å². The van der Waals surface area contributed by atoms with Gasteiger partial charge in [0.1, 0.15) is 0 Å². The summed E-state index contributed by atoms with van der Waals surface area (Å²) in [7, 11) is 0. The van der Waals surface area contributed by atoms with Crippen LogP contribution in [0.2, 0.25) is 0 Å². The summed E-state index contributed by atoms with van der Waals surface area (Å²) >= 11 is 5.45. The van der Waals surface area contributed by atoms with Crippen LogP contribution in [-0.4, -0.2) is 36.4 Å². The molecular formula is C21H32ClNO2. The fraction of sp³-hybridized carbons (Fsp3) is 0.667. The molecule has 0 bridgehead atoms. The first-order valence-corrected chi connectivity index (χ1v) is 10.2. The van der Waals surface area contributed by atoms with Crippen LogP contribution in [-0.2, 0) is 16.0 Å². The minimum Gasteiger partial charge on any atom is -0.371 e. The Bertz CT molecular complexity index is 503. The molecule has 1 heterocycles. The number of hydrogen-bond acceptors (Lipinski definition) is 3. The summed E-state index contributed by atoms with van der Waals surface area (Å²) in [5, 5.41) is -0.262. The highest BCUT2D eigenvalue weighted by molar-refractivity contribution is 6.63. The molecule has 0 radical (unpaired) electrons. The number of benzene rings is 1. The van der Waals surface area contributed by atoms with Crippen LogP contribution in [0, 0.1) is 0 Å². The number of hydrogen-bond donors (Lipinski definition) is 0. The summed E-state index contributed by atoms with van der Waals surface area (Å²) in [6, 6.07) is 8.89. The molecule has 1 aliphatic rings. The van der Waals surface area contributed by atoms with Crippen molar-refractivity contribution in [3.8, 4) is 0 Å². The van der Waals surface area contributed by atoms with Gasteiger partial charge < -0.3 is 4.74 Å². The average molecular weight is 366 g/mol. The molecule has 1 saturated heterocycles. The molecular weight excluding hydrogens is 334 g/mol. The third kappa shape index (κ3) is 7.89. The fourth-order valence-corrected chi connectivity index (χ4v) is 3.45. The van der Waals surface area contributed by atoms with E-state index in [2.05, 4.69) is 36.1 Å². The molecule has 3 nitrogen and oxygen atoms in total. The Morgan fingerprint density at radius 3 is 2.60 bits per heavy atom. The van der Waals surface area contributed by atoms with E-state index in [-0.39, 0.29) is 11.3 Å². The van der Waals surface area contributed by atoms with Crippen LogP contribution in [0.3, 0.4) is 0 Å². The molecule has 1 unspecified atom stereocenters. The number of halogens is 1. The lowest BCUT2D eigenvalue weighted by molar-refractivity contribution is -0.112. The van der Waals surface area contributed by atoms with Gasteiger partial charge in [0.2, 0.25) is 5.24 Å². The van der Waals surface area contributed by atoms with E-state index in [1.807, 2.05) is 0 Å². The molecule has 0 aromatic heterocycles. The minimum atomic E-state index is -0.262. The Kier molecular flexibility index (Phi) is 9.52. The van der Waals surface area contributed by atoms with Gasteiger partial charge >= 0.3 is 0 Å². The molecule has 4 heteroatoms. The Morgan fingerprint density at radius 1 is 1.16 bits per heavy atom. The molecule has 1 aromatic rings. The first kappa shape index (κ1) is 20.4. The van der Waals surface area contributed by atoms with Crippen LogP contribution >= 0.6 is 11.6 Å². The molecule has 0 saturated carbocycles. The number of ether oxygens (including phenoxy) is 1. The van der Waals surface area contributed by atoms with Gasteiger partial charge in [-0.25, -0.2) is 0 Å². The van der Waals surface area contributed by atoms with E-state index in [0.717, 1.165) is 19.6 Å². The van der Waals surface area contributed by atoms with Gasteiger partial charge in [0.05, 0.1) is 12.7 Å². The largest absolute Gasteiger partial charge is 0.371 e. The maximum Gasteiger partial charge on any atom is 0.222 e. The van der Waals surface area contributed by atoms with Crippen molar-refractivity contribution in [2.24, 2.45) is 0 Å². The Hall–Kier alpha value is -0.900. The monoisotopic (exact) mass is 365 g/mol. The van der Waals surface area contributed by atoms with Crippen molar-refractivity contribution in [3.05, 3.63) is 35.4 Å². The number of nitrogens with zero attached hydrogens (tertiary/aromatic N) is 1. The van der Waals surface area contributed by atoms with E-state index in [1.54, 1.807) is 0 Å². The number of unbranched alkanes of at least 4 members (excludes halogenated alkanes) is 5. The van der Waals surface area contributed by atoms with Crippen molar-refractivity contribution in [2.75, 3.05) is 26.2 Å². The van der Waals surface area contributed by atoms with Crippen LogP contribution in [0.1, 0.15) is 69.1 Å². The Balaban J connectivity index is 1.74. The summed E-state index contributed by atoms with van der Waals surface area (Å²) in [6.07, 6.45) is 9.71. The van der Waals surface area contributed by atoms with Crippen LogP contribution < -0.4 is 0 Å². The highest BCUT2D eigenvalue weighted by atomic mass is 35.5. The molecule has 1 fully saturated rings. The molecule has 1 aromatic carbocycles. The maximum atomic E-state index is 10.9. The number of aryl methyl sites for hydroxylation is 1. The van der Waals surface area contributed by atoms with Gasteiger partial charge in [0, 0.05) is 26.1 Å². The molecule has 2 rings (SSSR count). The lowest BCUT2D eigenvalue weighted by Gasteiger charge is -2.33. The van der Waals surface area contributed by atoms with Crippen molar-refractivity contribution in [3.63, 3.8) is 0 Å². The smallest absolute Gasteiger partial charge is 0.222 e. The molecule has 1 aliphatic heterocycles. The summed E-state index contributed by atoms with van der Waals surface area (Å²) in [5.74, 6) is 0. The number of carbonyl (C=O) groups excluding carboxylic acids is 1. The third-order valence-electron chi connectivity index (χ3n) is 4.95. The van der Waals surface area contributed by atoms with E-state index in [9.17, 15) is 4.79 Å². The van der Waals surface area contributed by atoms with Crippen molar-refractivity contribution >= 4 is 16.8 Å². The van der Waals surface area contributed by atoms with E-state index in [4.69, 9.17) is 16.3 Å². The Labute approximate surface area is 157 Å². The van der Waals surface area contributed by atoms with Crippen LogP contribution in [0.4, 0.5) is 0 Å². The molecule has 140 valence electrons. The first-order valence-electron chi connectivity index (χ1n) is 9.80. The van der Waals surface area contributed by atoms with Crippen LogP contribution in [0.25, 0.3) is 0 Å². The molecule has 0 spiro atoms. The van der Waals surface area contributed by atoms with Gasteiger partial charge in [-0.2, -0.15) is 0 Å². The standard InChI is InChI=1S/C21H32ClNO2/c1-2-3-4-5-6-7-8-18-9-11-19(12-10-18)20-17-23(15-16-25-20)14-13-21(22)24/h9-12,20H,2-8,13-17H2,1H3. The SMILES string of the molecule is CCCCCCCCc1ccc(C2CN(CCC(=O)Cl)CCO2)cc1. The summed E-state index contributed by atoms with van der Waals surface area (Å²) in [5.41, 5.74) is 2.65. The van der Waals surface area contributed by atoms with Gasteiger partial charge in [-0.1, -0.05) is 63.3 Å². The van der Waals surface area contributed by atoms with Gasteiger partial charge in [-0.15, -0.1) is 0 Å². The van der Waals surface area contributed by atoms with Crippen molar-refractivity contribution in [2.45, 2.75) is 64.4 Å². The molecule has 1 atom stereocenters. The zero-order valence-electron chi connectivity index (χ0n) is 15.5. The molecule has 25 heavy (non-hydrogen) atoms. The zero-order valence-corrected chi connectivity index (χ0v) is 16.3. The molecule has 0 aliphatic carbocycles. The lowest BCUT2D eigenvalue weighted by Crippen LogP contribution is -2.39. The van der Waals surface area contributed by atoms with Crippen molar-refractivity contribution in [1.82, 2.24) is 4.90 Å². The quantitative estimate of drug-likeness (QED) is 0.402. The number of carbonyl (C=O) groups is 1. The van der Waals surface area contributed by atoms with Crippen LogP contribution in [0.5, 0.6) is 0 Å². The van der Waals surface area contributed by atoms with E-state index in [1.165, 1.54) is 56.1 Å². The van der Waals surface area contributed by atoms with Crippen molar-refractivity contribution in [1.29, 1.82) is 0 Å². The fourth-order valence-electron chi connectivity index (χ4n) is 3.36. The van der Waals surface area contributed by atoms with Crippen LogP contribution in [0.15, 0.2) is 24.3 Å². The summed E-state index contributed by atoms with van der Waals surface area (Å²) in [4.78, 5) is 13.2. The average Bonchev–Trinajstić information content (AvgIpc) is 2.64. The van der Waals surface area contributed by atoms with Crippen molar-refractivity contribution < 1.29 is 9.53 Å². The van der Waals surface area contributed by atoms with Gasteiger partial charge in [0.25, 0.3) is 0 Å². The molecule has 0 amide bonds. The van der Waals surface area contributed by atoms with Gasteiger partial charge in [0.15, 0.2) is 0 Å². The van der Waals surface area contributed by atoms with E-state index in [0.29, 0.717) is 13.0 Å². The normalized spacial score (nSPS) is 18.4.